The van der Waals surface area contributed by atoms with Crippen molar-refractivity contribution in [2.45, 2.75) is 75.8 Å². The van der Waals surface area contributed by atoms with Crippen molar-refractivity contribution in [2.75, 3.05) is 32.7 Å². The average molecular weight is 437 g/mol. The smallest absolute Gasteiger partial charge is 0.243 e. The van der Waals surface area contributed by atoms with Crippen LogP contribution in [0.2, 0.25) is 0 Å². The highest BCUT2D eigenvalue weighted by Gasteiger charge is 2.43. The summed E-state index contributed by atoms with van der Waals surface area (Å²) < 4.78 is 40.2. The van der Waals surface area contributed by atoms with Crippen LogP contribution in [0.25, 0.3) is 0 Å². The van der Waals surface area contributed by atoms with Gasteiger partial charge in [0.25, 0.3) is 0 Å². The van der Waals surface area contributed by atoms with Gasteiger partial charge in [0.1, 0.15) is 0 Å². The van der Waals surface area contributed by atoms with Crippen molar-refractivity contribution >= 4 is 10.0 Å². The zero-order valence-electron chi connectivity index (χ0n) is 18.7. The van der Waals surface area contributed by atoms with Gasteiger partial charge in [-0.1, -0.05) is 26.0 Å². The monoisotopic (exact) mass is 436 g/mol. The fraction of sp³-hybridized carbons (Fsp3) is 0.739. The van der Waals surface area contributed by atoms with Gasteiger partial charge >= 0.3 is 0 Å². The fourth-order valence-electron chi connectivity index (χ4n) is 5.23. The van der Waals surface area contributed by atoms with E-state index < -0.39 is 10.0 Å². The number of ether oxygens (including phenoxy) is 2. The predicted octanol–water partition coefficient (Wildman–Crippen LogP) is 3.09. The minimum absolute atomic E-state index is 0.00403. The van der Waals surface area contributed by atoms with E-state index in [1.807, 2.05) is 12.1 Å². The second kappa shape index (κ2) is 8.87. The van der Waals surface area contributed by atoms with Gasteiger partial charge in [0.05, 0.1) is 29.3 Å². The van der Waals surface area contributed by atoms with E-state index in [1.54, 1.807) is 16.4 Å². The van der Waals surface area contributed by atoms with E-state index in [4.69, 9.17) is 9.47 Å². The lowest BCUT2D eigenvalue weighted by Gasteiger charge is -2.36. The molecule has 0 aromatic heterocycles. The van der Waals surface area contributed by atoms with Crippen molar-refractivity contribution in [1.82, 2.24) is 9.21 Å². The molecule has 5 atom stereocenters. The Hall–Kier alpha value is -0.990. The number of benzene rings is 1. The Morgan fingerprint density at radius 2 is 1.70 bits per heavy atom. The summed E-state index contributed by atoms with van der Waals surface area (Å²) in [5.41, 5.74) is 1.15. The van der Waals surface area contributed by atoms with Crippen LogP contribution in [0.1, 0.15) is 52.0 Å². The lowest BCUT2D eigenvalue weighted by atomic mass is 9.93. The van der Waals surface area contributed by atoms with Crippen LogP contribution in [-0.4, -0.2) is 74.8 Å². The summed E-state index contributed by atoms with van der Waals surface area (Å²) in [6.07, 6.45) is 2.59. The average Bonchev–Trinajstić information content (AvgIpc) is 3.08. The van der Waals surface area contributed by atoms with E-state index in [-0.39, 0.29) is 24.4 Å². The topological polar surface area (TPSA) is 59.1 Å². The van der Waals surface area contributed by atoms with Gasteiger partial charge < -0.3 is 9.47 Å². The van der Waals surface area contributed by atoms with Crippen molar-refractivity contribution in [1.29, 1.82) is 0 Å². The molecule has 0 bridgehead atoms. The van der Waals surface area contributed by atoms with E-state index in [0.717, 1.165) is 38.0 Å². The molecule has 0 N–H and O–H groups in total. The summed E-state index contributed by atoms with van der Waals surface area (Å²) in [7, 11) is -3.48. The summed E-state index contributed by atoms with van der Waals surface area (Å²) in [6.45, 7) is 12.3. The summed E-state index contributed by atoms with van der Waals surface area (Å²) in [6, 6.07) is 7.35. The van der Waals surface area contributed by atoms with Crippen LogP contribution in [0.3, 0.4) is 0 Å². The minimum Gasteiger partial charge on any atom is -0.373 e. The quantitative estimate of drug-likeness (QED) is 0.710. The van der Waals surface area contributed by atoms with Crippen molar-refractivity contribution in [2.24, 2.45) is 5.92 Å². The largest absolute Gasteiger partial charge is 0.373 e. The van der Waals surface area contributed by atoms with Gasteiger partial charge in [0.2, 0.25) is 10.0 Å². The van der Waals surface area contributed by atoms with Crippen molar-refractivity contribution in [3.8, 4) is 0 Å². The number of morpholine rings is 1. The first kappa shape index (κ1) is 22.2. The molecule has 3 unspecified atom stereocenters. The Balaban J connectivity index is 1.37. The molecule has 3 aliphatic heterocycles. The highest BCUT2D eigenvalue weighted by atomic mass is 32.2. The normalized spacial score (nSPS) is 33.7. The highest BCUT2D eigenvalue weighted by molar-refractivity contribution is 7.89. The van der Waals surface area contributed by atoms with Crippen molar-refractivity contribution in [3.63, 3.8) is 0 Å². The molecule has 1 aromatic rings. The molecular formula is C23H36N2O4S. The zero-order chi connectivity index (χ0) is 21.5. The zero-order valence-corrected chi connectivity index (χ0v) is 19.5. The number of piperidine rings is 1. The van der Waals surface area contributed by atoms with Crippen LogP contribution in [-0.2, 0) is 19.5 Å². The van der Waals surface area contributed by atoms with Crippen molar-refractivity contribution in [3.05, 3.63) is 29.8 Å². The molecule has 3 heterocycles. The molecule has 3 saturated heterocycles. The van der Waals surface area contributed by atoms with Gasteiger partial charge in [-0.15, -0.1) is 0 Å². The molecule has 0 spiro atoms. The molecule has 0 aliphatic carbocycles. The molecule has 0 radical (unpaired) electrons. The number of sulfonamides is 1. The third-order valence-corrected chi connectivity index (χ3v) is 8.61. The van der Waals surface area contributed by atoms with Crippen LogP contribution in [0.4, 0.5) is 0 Å². The maximum Gasteiger partial charge on any atom is 0.243 e. The number of fused-ring (bicyclic) bond motifs is 1. The van der Waals surface area contributed by atoms with Gasteiger partial charge in [0, 0.05) is 32.7 Å². The van der Waals surface area contributed by atoms with Gasteiger partial charge in [-0.25, -0.2) is 8.42 Å². The minimum atomic E-state index is -3.48. The van der Waals surface area contributed by atoms with Crippen LogP contribution < -0.4 is 0 Å². The molecule has 0 saturated carbocycles. The molecule has 168 valence electrons. The van der Waals surface area contributed by atoms with Gasteiger partial charge in [-0.3, -0.25) is 4.90 Å². The van der Waals surface area contributed by atoms with Crippen molar-refractivity contribution < 1.29 is 17.9 Å². The molecule has 4 rings (SSSR count). The molecule has 7 heteroatoms. The van der Waals surface area contributed by atoms with E-state index in [2.05, 4.69) is 32.6 Å². The van der Waals surface area contributed by atoms with E-state index in [1.165, 1.54) is 0 Å². The van der Waals surface area contributed by atoms with Crippen LogP contribution >= 0.6 is 0 Å². The fourth-order valence-corrected chi connectivity index (χ4v) is 6.70. The van der Waals surface area contributed by atoms with Gasteiger partial charge in [-0.2, -0.15) is 4.31 Å². The Kier molecular flexibility index (Phi) is 6.56. The summed E-state index contributed by atoms with van der Waals surface area (Å²) >= 11 is 0. The Bertz CT molecular complexity index is 816. The number of hydrogen-bond acceptors (Lipinski definition) is 5. The third kappa shape index (κ3) is 4.75. The second-order valence-electron chi connectivity index (χ2n) is 9.64. The lowest BCUT2D eigenvalue weighted by Crippen LogP contribution is -2.48. The standard InChI is InChI=1S/C23H36N2O4S/c1-16(2)19-5-7-22(8-6-19)30(26,27)25-10-9-20-11-21(29-23(20)15-25)14-24-12-17(3)28-18(4)13-24/h5-8,16-18,20-21,23H,9-15H2,1-4H3/t17?,18?,20-,21?,23-/m0/s1. The highest BCUT2D eigenvalue weighted by Crippen LogP contribution is 2.35. The maximum atomic E-state index is 13.2. The lowest BCUT2D eigenvalue weighted by molar-refractivity contribution is -0.0827. The van der Waals surface area contributed by atoms with Gasteiger partial charge in [0.15, 0.2) is 0 Å². The Labute approximate surface area is 181 Å². The first-order valence-corrected chi connectivity index (χ1v) is 12.8. The Morgan fingerprint density at radius 3 is 2.33 bits per heavy atom. The molecule has 6 nitrogen and oxygen atoms in total. The van der Waals surface area contributed by atoms with Crippen LogP contribution in [0.5, 0.6) is 0 Å². The summed E-state index contributed by atoms with van der Waals surface area (Å²) in [4.78, 5) is 2.82. The Morgan fingerprint density at radius 1 is 1.03 bits per heavy atom. The molecule has 0 amide bonds. The number of rotatable bonds is 5. The third-order valence-electron chi connectivity index (χ3n) is 6.73. The maximum absolute atomic E-state index is 13.2. The first-order chi connectivity index (χ1) is 14.2. The van der Waals surface area contributed by atoms with Crippen LogP contribution in [0, 0.1) is 5.92 Å². The SMILES string of the molecule is CC1CN(CC2C[C@@H]3CCN(S(=O)(=O)c4ccc(C(C)C)cc4)C[C@@H]3O2)CC(C)O1. The van der Waals surface area contributed by atoms with Gasteiger partial charge in [-0.05, 0) is 56.2 Å². The molecule has 1 aromatic carbocycles. The second-order valence-corrected chi connectivity index (χ2v) is 11.6. The first-order valence-electron chi connectivity index (χ1n) is 11.4. The molecule has 3 fully saturated rings. The number of nitrogens with zero attached hydrogens (tertiary/aromatic N) is 2. The van der Waals surface area contributed by atoms with E-state index >= 15 is 0 Å². The predicted molar refractivity (Wildman–Crippen MR) is 117 cm³/mol. The molecular weight excluding hydrogens is 400 g/mol. The van der Waals surface area contributed by atoms with E-state index in [9.17, 15) is 8.42 Å². The van der Waals surface area contributed by atoms with E-state index in [0.29, 0.717) is 29.8 Å². The summed E-state index contributed by atoms with van der Waals surface area (Å²) in [5, 5.41) is 0. The molecule has 30 heavy (non-hydrogen) atoms. The van der Waals surface area contributed by atoms with Crippen LogP contribution in [0.15, 0.2) is 29.2 Å². The molecule has 3 aliphatic rings. The number of hydrogen-bond donors (Lipinski definition) is 0. The summed E-state index contributed by atoms with van der Waals surface area (Å²) in [5.74, 6) is 0.847.